The normalized spacial score (nSPS) is 29.6. The number of rotatable bonds is 4. The molecule has 166 valence electrons. The zero-order valence-corrected chi connectivity index (χ0v) is 18.4. The molecule has 4 atom stereocenters. The number of carbonyl (C=O) groups is 3. The molecule has 1 amide bonds. The summed E-state index contributed by atoms with van der Waals surface area (Å²) in [6, 6.07) is 0. The number of methoxy groups -OCH3 is 1. The number of aldehydes is 1. The molecule has 0 aromatic carbocycles. The predicted octanol–water partition coefficient (Wildman–Crippen LogP) is 1.32. The molecule has 4 unspecified atom stereocenters. The average Bonchev–Trinajstić information content (AvgIpc) is 3.22. The number of fused-ring (bicyclic) bond motifs is 2. The topological polar surface area (TPSA) is 85.4 Å². The van der Waals surface area contributed by atoms with Crippen LogP contribution in [0, 0.1) is 17.3 Å². The fourth-order valence-corrected chi connectivity index (χ4v) is 3.98. The van der Waals surface area contributed by atoms with Crippen molar-refractivity contribution in [3.63, 3.8) is 0 Å². The second-order valence-corrected chi connectivity index (χ2v) is 9.18. The lowest BCUT2D eigenvalue weighted by molar-refractivity contribution is -0.164. The van der Waals surface area contributed by atoms with Crippen LogP contribution in [0.15, 0.2) is 0 Å². The maximum Gasteiger partial charge on any atom is 0.314 e. The molecule has 2 bridgehead atoms. The first-order chi connectivity index (χ1) is 13.7. The van der Waals surface area contributed by atoms with Crippen molar-refractivity contribution in [2.45, 2.75) is 52.2 Å². The molecule has 3 heterocycles. The van der Waals surface area contributed by atoms with Crippen LogP contribution in [0.5, 0.6) is 0 Å². The number of carbonyl (C=O) groups excluding carboxylic acids is 3. The second-order valence-electron chi connectivity index (χ2n) is 9.18. The van der Waals surface area contributed by atoms with Gasteiger partial charge in [-0.25, -0.2) is 0 Å². The van der Waals surface area contributed by atoms with E-state index in [0.29, 0.717) is 6.54 Å². The Kier molecular flexibility index (Phi) is 8.60. The van der Waals surface area contributed by atoms with Crippen molar-refractivity contribution in [1.29, 1.82) is 0 Å². The molecular formula is C21H36N2O6. The summed E-state index contributed by atoms with van der Waals surface area (Å²) in [7, 11) is 3.54. The van der Waals surface area contributed by atoms with Crippen molar-refractivity contribution in [3.8, 4) is 0 Å². The Bertz CT molecular complexity index is 576. The highest BCUT2D eigenvalue weighted by Crippen LogP contribution is 2.45. The van der Waals surface area contributed by atoms with Gasteiger partial charge in [0.1, 0.15) is 6.29 Å². The van der Waals surface area contributed by atoms with E-state index in [9.17, 15) is 14.4 Å². The lowest BCUT2D eigenvalue weighted by Gasteiger charge is -2.30. The van der Waals surface area contributed by atoms with Crippen LogP contribution < -0.4 is 0 Å². The second kappa shape index (κ2) is 10.5. The van der Waals surface area contributed by atoms with Gasteiger partial charge in [0, 0.05) is 32.2 Å². The molecule has 3 fully saturated rings. The monoisotopic (exact) mass is 412 g/mol. The van der Waals surface area contributed by atoms with E-state index >= 15 is 0 Å². The Hall–Kier alpha value is -1.51. The van der Waals surface area contributed by atoms with Gasteiger partial charge in [0.2, 0.25) is 5.91 Å². The van der Waals surface area contributed by atoms with Gasteiger partial charge in [0.25, 0.3) is 0 Å². The van der Waals surface area contributed by atoms with Crippen LogP contribution in [0.3, 0.4) is 0 Å². The van der Waals surface area contributed by atoms with Crippen molar-refractivity contribution in [3.05, 3.63) is 0 Å². The molecule has 0 saturated carbocycles. The fraction of sp³-hybridized carbons (Fsp3) is 0.857. The molecule has 0 aromatic heterocycles. The minimum Gasteiger partial charge on any atom is -0.438 e. The Labute approximate surface area is 173 Å². The average molecular weight is 413 g/mol. The van der Waals surface area contributed by atoms with Gasteiger partial charge in [-0.05, 0) is 32.9 Å². The molecule has 0 aliphatic carbocycles. The molecule has 0 aromatic rings. The molecule has 0 radical (unpaired) electrons. The van der Waals surface area contributed by atoms with E-state index < -0.39 is 11.8 Å². The highest BCUT2D eigenvalue weighted by atomic mass is 16.7. The molecule has 3 aliphatic rings. The van der Waals surface area contributed by atoms with Gasteiger partial charge < -0.3 is 28.8 Å². The van der Waals surface area contributed by atoms with Crippen LogP contribution in [0.4, 0.5) is 0 Å². The van der Waals surface area contributed by atoms with Crippen molar-refractivity contribution in [2.24, 2.45) is 17.3 Å². The van der Waals surface area contributed by atoms with Gasteiger partial charge in [-0.15, -0.1) is 0 Å². The zero-order valence-electron chi connectivity index (χ0n) is 18.4. The van der Waals surface area contributed by atoms with Crippen molar-refractivity contribution >= 4 is 18.2 Å². The van der Waals surface area contributed by atoms with Gasteiger partial charge >= 0.3 is 5.97 Å². The maximum atomic E-state index is 13.0. The SMILES string of the molecule is CC(C)(C)C=O.COCOC(=O)C1C2CCC(O2)C1C(=O)N1CCCN(C)CC1. The molecule has 8 heteroatoms. The number of ether oxygens (including phenoxy) is 3. The first kappa shape index (κ1) is 23.8. The van der Waals surface area contributed by atoms with E-state index in [4.69, 9.17) is 14.2 Å². The van der Waals surface area contributed by atoms with Crippen LogP contribution in [0.2, 0.25) is 0 Å². The number of amides is 1. The number of nitrogens with zero attached hydrogens (tertiary/aromatic N) is 2. The molecule has 3 rings (SSSR count). The summed E-state index contributed by atoms with van der Waals surface area (Å²) in [6.07, 6.45) is 3.24. The summed E-state index contributed by atoms with van der Waals surface area (Å²) in [4.78, 5) is 39.3. The summed E-state index contributed by atoms with van der Waals surface area (Å²) in [6.45, 7) is 8.87. The first-order valence-corrected chi connectivity index (χ1v) is 10.4. The lowest BCUT2D eigenvalue weighted by atomic mass is 9.78. The maximum absolute atomic E-state index is 13.0. The molecular weight excluding hydrogens is 376 g/mol. The van der Waals surface area contributed by atoms with E-state index in [1.807, 2.05) is 25.7 Å². The number of likely N-dealkylation sites (N-methyl/N-ethyl adjacent to an activating group) is 1. The Morgan fingerprint density at radius 2 is 1.69 bits per heavy atom. The number of hydrogen-bond acceptors (Lipinski definition) is 7. The summed E-state index contributed by atoms with van der Waals surface area (Å²) in [5.74, 6) is -1.21. The van der Waals surface area contributed by atoms with Gasteiger partial charge in [0.15, 0.2) is 6.79 Å². The van der Waals surface area contributed by atoms with Gasteiger partial charge in [-0.3, -0.25) is 9.59 Å². The lowest BCUT2D eigenvalue weighted by Crippen LogP contribution is -2.47. The zero-order chi connectivity index (χ0) is 21.6. The highest BCUT2D eigenvalue weighted by Gasteiger charge is 2.56. The van der Waals surface area contributed by atoms with Crippen molar-refractivity contribution < 1.29 is 28.6 Å². The van der Waals surface area contributed by atoms with Crippen LogP contribution >= 0.6 is 0 Å². The number of esters is 1. The highest BCUT2D eigenvalue weighted by molar-refractivity contribution is 5.87. The Balaban J connectivity index is 0.000000438. The van der Waals surface area contributed by atoms with Crippen molar-refractivity contribution in [1.82, 2.24) is 9.80 Å². The van der Waals surface area contributed by atoms with E-state index in [-0.39, 0.29) is 36.3 Å². The number of hydrogen-bond donors (Lipinski definition) is 0. The molecule has 8 nitrogen and oxygen atoms in total. The minimum atomic E-state index is -0.489. The third-order valence-electron chi connectivity index (χ3n) is 5.53. The molecule has 29 heavy (non-hydrogen) atoms. The van der Waals surface area contributed by atoms with Crippen LogP contribution in [-0.2, 0) is 28.6 Å². The third-order valence-corrected chi connectivity index (χ3v) is 5.53. The Morgan fingerprint density at radius 3 is 2.28 bits per heavy atom. The summed E-state index contributed by atoms with van der Waals surface area (Å²) in [5, 5.41) is 0. The van der Waals surface area contributed by atoms with E-state index in [1.165, 1.54) is 7.11 Å². The summed E-state index contributed by atoms with van der Waals surface area (Å²) >= 11 is 0. The van der Waals surface area contributed by atoms with E-state index in [1.54, 1.807) is 0 Å². The quantitative estimate of drug-likeness (QED) is 0.391. The van der Waals surface area contributed by atoms with Crippen LogP contribution in [0.25, 0.3) is 0 Å². The summed E-state index contributed by atoms with van der Waals surface area (Å²) in [5.41, 5.74) is -0.139. The fourth-order valence-electron chi connectivity index (χ4n) is 3.98. The standard InChI is InChI=1S/C16H26N2O5.C5H10O/c1-17-6-3-7-18(9-8-17)15(19)13-11-4-5-12(23-11)14(13)16(20)22-10-21-2;1-5(2,3)4-6/h11-14H,3-10H2,1-2H3;4H,1-3H3. The summed E-state index contributed by atoms with van der Waals surface area (Å²) < 4.78 is 15.8. The third kappa shape index (κ3) is 6.49. The first-order valence-electron chi connectivity index (χ1n) is 10.4. The van der Waals surface area contributed by atoms with Crippen LogP contribution in [0.1, 0.15) is 40.0 Å². The smallest absolute Gasteiger partial charge is 0.314 e. The predicted molar refractivity (Wildman–Crippen MR) is 107 cm³/mol. The largest absolute Gasteiger partial charge is 0.438 e. The molecule has 0 spiro atoms. The molecule has 0 N–H and O–H groups in total. The Morgan fingerprint density at radius 1 is 1.07 bits per heavy atom. The molecule has 3 aliphatic heterocycles. The van der Waals surface area contributed by atoms with Gasteiger partial charge in [-0.1, -0.05) is 20.8 Å². The van der Waals surface area contributed by atoms with E-state index in [0.717, 1.165) is 45.2 Å². The van der Waals surface area contributed by atoms with Crippen molar-refractivity contribution in [2.75, 3.05) is 47.1 Å². The van der Waals surface area contributed by atoms with Gasteiger partial charge in [0.05, 0.1) is 24.0 Å². The van der Waals surface area contributed by atoms with Crippen LogP contribution in [-0.4, -0.2) is 87.3 Å². The van der Waals surface area contributed by atoms with E-state index in [2.05, 4.69) is 11.9 Å². The minimum absolute atomic E-state index is 0.0480. The van der Waals surface area contributed by atoms with Gasteiger partial charge in [-0.2, -0.15) is 0 Å². The molecule has 3 saturated heterocycles.